The van der Waals surface area contributed by atoms with Crippen LogP contribution in [0.25, 0.3) is 0 Å². The van der Waals surface area contributed by atoms with Crippen LogP contribution < -0.4 is 10.6 Å². The molecule has 0 aromatic carbocycles. The van der Waals surface area contributed by atoms with Crippen molar-refractivity contribution in [2.24, 2.45) is 0 Å². The fraction of sp³-hybridized carbons (Fsp3) is 0.800. The number of hydrogen-bond donors (Lipinski definition) is 3. The Labute approximate surface area is 94.0 Å². The molecule has 2 saturated heterocycles. The van der Waals surface area contributed by atoms with E-state index < -0.39 is 17.7 Å². The van der Waals surface area contributed by atoms with Crippen molar-refractivity contribution in [2.75, 3.05) is 19.6 Å². The van der Waals surface area contributed by atoms with Crippen LogP contribution in [0.1, 0.15) is 19.8 Å². The number of carbonyl (C=O) groups is 2. The molecule has 0 aromatic heterocycles. The molecule has 0 bridgehead atoms. The van der Waals surface area contributed by atoms with Gasteiger partial charge >= 0.3 is 6.03 Å². The smallest absolute Gasteiger partial charge is 0.325 e. The van der Waals surface area contributed by atoms with Crippen LogP contribution in [0.15, 0.2) is 0 Å². The number of aliphatic hydroxyl groups excluding tert-OH is 1. The molecule has 1 spiro atoms. The van der Waals surface area contributed by atoms with Gasteiger partial charge in [0, 0.05) is 6.54 Å². The van der Waals surface area contributed by atoms with Gasteiger partial charge in [-0.3, -0.25) is 9.69 Å². The Kier molecular flexibility index (Phi) is 2.86. The third kappa shape index (κ3) is 1.78. The van der Waals surface area contributed by atoms with E-state index >= 15 is 0 Å². The third-order valence-electron chi connectivity index (χ3n) is 3.08. The van der Waals surface area contributed by atoms with Gasteiger partial charge in [0.1, 0.15) is 5.54 Å². The Morgan fingerprint density at radius 3 is 2.88 bits per heavy atom. The topological polar surface area (TPSA) is 81.7 Å². The zero-order valence-corrected chi connectivity index (χ0v) is 9.32. The molecule has 16 heavy (non-hydrogen) atoms. The summed E-state index contributed by atoms with van der Waals surface area (Å²) < 4.78 is 0. The minimum atomic E-state index is -0.774. The van der Waals surface area contributed by atoms with Crippen LogP contribution in [0, 0.1) is 0 Å². The summed E-state index contributed by atoms with van der Waals surface area (Å²) >= 11 is 0. The zero-order valence-electron chi connectivity index (χ0n) is 9.32. The van der Waals surface area contributed by atoms with Crippen molar-refractivity contribution in [3.63, 3.8) is 0 Å². The van der Waals surface area contributed by atoms with Gasteiger partial charge in [0.15, 0.2) is 0 Å². The maximum absolute atomic E-state index is 12.1. The third-order valence-corrected chi connectivity index (χ3v) is 3.08. The van der Waals surface area contributed by atoms with Crippen molar-refractivity contribution < 1.29 is 14.7 Å². The lowest BCUT2D eigenvalue weighted by Gasteiger charge is -2.31. The molecule has 2 aliphatic heterocycles. The molecule has 0 radical (unpaired) electrons. The lowest BCUT2D eigenvalue weighted by molar-refractivity contribution is -0.132. The normalized spacial score (nSPS) is 32.0. The maximum Gasteiger partial charge on any atom is 0.325 e. The van der Waals surface area contributed by atoms with Gasteiger partial charge in [0.05, 0.1) is 12.6 Å². The van der Waals surface area contributed by atoms with Crippen LogP contribution >= 0.6 is 0 Å². The summed E-state index contributed by atoms with van der Waals surface area (Å²) in [6.07, 6.45) is 0.844. The van der Waals surface area contributed by atoms with Gasteiger partial charge in [-0.05, 0) is 26.3 Å². The van der Waals surface area contributed by atoms with E-state index in [0.29, 0.717) is 13.0 Å². The van der Waals surface area contributed by atoms with Crippen molar-refractivity contribution in [3.8, 4) is 0 Å². The molecule has 0 saturated carbocycles. The van der Waals surface area contributed by atoms with Crippen LogP contribution in [0.3, 0.4) is 0 Å². The van der Waals surface area contributed by atoms with E-state index in [1.54, 1.807) is 6.92 Å². The minimum Gasteiger partial charge on any atom is -0.392 e. The number of amides is 3. The lowest BCUT2D eigenvalue weighted by Crippen LogP contribution is -2.57. The number of hydrogen-bond acceptors (Lipinski definition) is 4. The molecule has 2 unspecified atom stereocenters. The number of urea groups is 1. The second-order valence-corrected chi connectivity index (χ2v) is 4.56. The van der Waals surface area contributed by atoms with E-state index in [9.17, 15) is 14.7 Å². The largest absolute Gasteiger partial charge is 0.392 e. The Morgan fingerprint density at radius 1 is 1.56 bits per heavy atom. The van der Waals surface area contributed by atoms with E-state index in [0.717, 1.165) is 17.9 Å². The lowest BCUT2D eigenvalue weighted by atomic mass is 9.90. The molecular formula is C10H17N3O3. The summed E-state index contributed by atoms with van der Waals surface area (Å²) in [5, 5.41) is 15.1. The van der Waals surface area contributed by atoms with E-state index in [4.69, 9.17) is 0 Å². The Morgan fingerprint density at radius 2 is 2.31 bits per heavy atom. The van der Waals surface area contributed by atoms with E-state index in [1.807, 2.05) is 0 Å². The van der Waals surface area contributed by atoms with Crippen molar-refractivity contribution >= 4 is 11.9 Å². The Balaban J connectivity index is 2.14. The Bertz CT molecular complexity index is 310. The number of nitrogens with zero attached hydrogens (tertiary/aromatic N) is 1. The molecule has 3 N–H and O–H groups in total. The van der Waals surface area contributed by atoms with Crippen LogP contribution in [0.4, 0.5) is 4.79 Å². The second-order valence-electron chi connectivity index (χ2n) is 4.56. The number of nitrogens with one attached hydrogen (secondary N) is 2. The fourth-order valence-electron chi connectivity index (χ4n) is 2.30. The first-order valence-corrected chi connectivity index (χ1v) is 5.58. The molecular weight excluding hydrogens is 210 g/mol. The van der Waals surface area contributed by atoms with Crippen LogP contribution in [-0.4, -0.2) is 53.2 Å². The van der Waals surface area contributed by atoms with Gasteiger partial charge in [-0.2, -0.15) is 0 Å². The zero-order chi connectivity index (χ0) is 11.8. The highest BCUT2D eigenvalue weighted by Crippen LogP contribution is 2.24. The van der Waals surface area contributed by atoms with Crippen molar-refractivity contribution in [1.29, 1.82) is 0 Å². The number of rotatable bonds is 2. The summed E-state index contributed by atoms with van der Waals surface area (Å²) in [5.41, 5.74) is -0.774. The summed E-state index contributed by atoms with van der Waals surface area (Å²) in [4.78, 5) is 24.9. The molecule has 3 amide bonds. The highest BCUT2D eigenvalue weighted by atomic mass is 16.3. The van der Waals surface area contributed by atoms with Gasteiger partial charge in [-0.1, -0.05) is 0 Å². The van der Waals surface area contributed by atoms with Crippen LogP contribution in [-0.2, 0) is 4.79 Å². The SMILES string of the molecule is CC(O)CN1C(=O)NC2(CCCNC2)C1=O. The fourth-order valence-corrected chi connectivity index (χ4v) is 2.30. The van der Waals surface area contributed by atoms with Crippen LogP contribution in [0.5, 0.6) is 0 Å². The molecule has 2 fully saturated rings. The first-order chi connectivity index (χ1) is 7.55. The molecule has 90 valence electrons. The predicted molar refractivity (Wildman–Crippen MR) is 56.8 cm³/mol. The number of aliphatic hydroxyl groups is 1. The number of imide groups is 1. The highest BCUT2D eigenvalue weighted by molar-refractivity contribution is 6.07. The quantitative estimate of drug-likeness (QED) is 0.531. The molecule has 6 nitrogen and oxygen atoms in total. The maximum atomic E-state index is 12.1. The van der Waals surface area contributed by atoms with E-state index in [-0.39, 0.29) is 12.5 Å². The first kappa shape index (κ1) is 11.3. The average Bonchev–Trinajstić information content (AvgIpc) is 2.44. The highest BCUT2D eigenvalue weighted by Gasteiger charge is 2.51. The molecule has 2 heterocycles. The first-order valence-electron chi connectivity index (χ1n) is 5.58. The monoisotopic (exact) mass is 227 g/mol. The number of carbonyl (C=O) groups excluding carboxylic acids is 2. The van der Waals surface area contributed by atoms with Gasteiger partial charge in [-0.15, -0.1) is 0 Å². The van der Waals surface area contributed by atoms with E-state index in [2.05, 4.69) is 10.6 Å². The summed E-state index contributed by atoms with van der Waals surface area (Å²) in [6.45, 7) is 2.98. The van der Waals surface area contributed by atoms with Crippen molar-refractivity contribution in [3.05, 3.63) is 0 Å². The van der Waals surface area contributed by atoms with Crippen molar-refractivity contribution in [1.82, 2.24) is 15.5 Å². The summed E-state index contributed by atoms with van der Waals surface area (Å²) in [7, 11) is 0. The molecule has 2 atom stereocenters. The number of β-amino-alcohol motifs (C(OH)–C–C–N with tert-alkyl or cyclic N) is 1. The second kappa shape index (κ2) is 4.03. The predicted octanol–water partition coefficient (Wildman–Crippen LogP) is -0.959. The summed E-state index contributed by atoms with van der Waals surface area (Å²) in [6, 6.07) is -0.394. The van der Waals surface area contributed by atoms with Crippen LogP contribution in [0.2, 0.25) is 0 Å². The van der Waals surface area contributed by atoms with Gasteiger partial charge in [-0.25, -0.2) is 4.79 Å². The standard InChI is InChI=1S/C10H17N3O3/c1-7(14)5-13-8(15)10(12-9(13)16)3-2-4-11-6-10/h7,11,14H,2-6H2,1H3,(H,12,16). The molecule has 2 aliphatic rings. The molecule has 0 aliphatic carbocycles. The van der Waals surface area contributed by atoms with Crippen molar-refractivity contribution in [2.45, 2.75) is 31.4 Å². The molecule has 0 aromatic rings. The Hall–Kier alpha value is -1.14. The van der Waals surface area contributed by atoms with Gasteiger partial charge in [0.2, 0.25) is 0 Å². The average molecular weight is 227 g/mol. The van der Waals surface area contributed by atoms with Gasteiger partial charge in [0.25, 0.3) is 5.91 Å². The summed E-state index contributed by atoms with van der Waals surface area (Å²) in [5.74, 6) is -0.217. The minimum absolute atomic E-state index is 0.0619. The number of piperidine rings is 1. The van der Waals surface area contributed by atoms with E-state index in [1.165, 1.54) is 0 Å². The molecule has 2 rings (SSSR count). The van der Waals surface area contributed by atoms with Gasteiger partial charge < -0.3 is 15.7 Å². The molecule has 6 heteroatoms.